The van der Waals surface area contributed by atoms with Crippen molar-refractivity contribution in [1.29, 1.82) is 0 Å². The zero-order valence-corrected chi connectivity index (χ0v) is 12.1. The van der Waals surface area contributed by atoms with E-state index in [1.807, 2.05) is 19.1 Å². The summed E-state index contributed by atoms with van der Waals surface area (Å²) in [7, 11) is 1.57. The van der Waals surface area contributed by atoms with Crippen molar-refractivity contribution < 1.29 is 19.7 Å². The molecule has 4 heteroatoms. The highest BCUT2D eigenvalue weighted by molar-refractivity contribution is 5.72. The Kier molecular flexibility index (Phi) is 4.33. The van der Waals surface area contributed by atoms with E-state index in [2.05, 4.69) is 0 Å². The third-order valence-corrected chi connectivity index (χ3v) is 4.28. The number of hydrogen-bond donors (Lipinski definition) is 2. The van der Waals surface area contributed by atoms with Crippen LogP contribution in [0.4, 0.5) is 0 Å². The second kappa shape index (κ2) is 5.83. The van der Waals surface area contributed by atoms with Crippen LogP contribution in [-0.2, 0) is 16.8 Å². The van der Waals surface area contributed by atoms with E-state index in [9.17, 15) is 15.0 Å². The lowest BCUT2D eigenvalue weighted by molar-refractivity contribution is -0.153. The molecule has 20 heavy (non-hydrogen) atoms. The first-order valence-electron chi connectivity index (χ1n) is 7.15. The summed E-state index contributed by atoms with van der Waals surface area (Å²) in [5.74, 6) is -1.02. The number of benzene rings is 1. The zero-order valence-electron chi connectivity index (χ0n) is 12.1. The number of aliphatic carboxylic acids is 1. The second-order valence-electron chi connectivity index (χ2n) is 5.48. The lowest BCUT2D eigenvalue weighted by Crippen LogP contribution is -2.38. The molecule has 1 aliphatic rings. The van der Waals surface area contributed by atoms with Crippen molar-refractivity contribution >= 4 is 5.97 Å². The minimum absolute atomic E-state index is 0.468. The van der Waals surface area contributed by atoms with Crippen LogP contribution in [0.3, 0.4) is 0 Å². The molecule has 1 aromatic rings. The van der Waals surface area contributed by atoms with Gasteiger partial charge in [-0.15, -0.1) is 0 Å². The molecule has 0 saturated carbocycles. The quantitative estimate of drug-likeness (QED) is 0.839. The van der Waals surface area contributed by atoms with E-state index in [0.29, 0.717) is 25.0 Å². The second-order valence-corrected chi connectivity index (χ2v) is 5.48. The Labute approximate surface area is 119 Å². The van der Waals surface area contributed by atoms with Crippen LogP contribution in [0.15, 0.2) is 18.2 Å². The first-order chi connectivity index (χ1) is 9.52. The van der Waals surface area contributed by atoms with E-state index in [1.54, 1.807) is 13.2 Å². The van der Waals surface area contributed by atoms with Crippen LogP contribution in [0.1, 0.15) is 43.7 Å². The fraction of sp³-hybridized carbons (Fsp3) is 0.562. The Bertz CT molecular complexity index is 497. The number of hydrogen-bond acceptors (Lipinski definition) is 3. The predicted octanol–water partition coefficient (Wildman–Crippen LogP) is 2.72. The Morgan fingerprint density at radius 1 is 1.50 bits per heavy atom. The fourth-order valence-electron chi connectivity index (χ4n) is 3.10. The van der Waals surface area contributed by atoms with E-state index < -0.39 is 17.5 Å². The minimum Gasteiger partial charge on any atom is -0.497 e. The number of fused-ring (bicyclic) bond motifs is 1. The van der Waals surface area contributed by atoms with Gasteiger partial charge < -0.3 is 14.9 Å². The molecular weight excluding hydrogens is 256 g/mol. The van der Waals surface area contributed by atoms with Crippen LogP contribution in [0.2, 0.25) is 0 Å². The minimum atomic E-state index is -1.27. The number of carboxylic acids is 1. The number of ether oxygens (including phenoxy) is 1. The van der Waals surface area contributed by atoms with Crippen molar-refractivity contribution in [3.8, 4) is 5.75 Å². The van der Waals surface area contributed by atoms with Gasteiger partial charge in [0, 0.05) is 0 Å². The van der Waals surface area contributed by atoms with Crippen LogP contribution in [0.25, 0.3) is 0 Å². The van der Waals surface area contributed by atoms with Crippen molar-refractivity contribution in [3.05, 3.63) is 29.3 Å². The van der Waals surface area contributed by atoms with Crippen molar-refractivity contribution in [2.24, 2.45) is 5.92 Å². The largest absolute Gasteiger partial charge is 0.497 e. The molecule has 0 saturated heterocycles. The summed E-state index contributed by atoms with van der Waals surface area (Å²) >= 11 is 0. The molecule has 0 aliphatic heterocycles. The first-order valence-corrected chi connectivity index (χ1v) is 7.15. The lowest BCUT2D eigenvalue weighted by atomic mass is 9.79. The van der Waals surface area contributed by atoms with Crippen LogP contribution < -0.4 is 4.74 Å². The molecule has 0 heterocycles. The average molecular weight is 278 g/mol. The molecule has 4 nitrogen and oxygen atoms in total. The molecule has 2 rings (SSSR count). The van der Waals surface area contributed by atoms with Gasteiger partial charge in [-0.3, -0.25) is 4.79 Å². The standard InChI is InChI=1S/C16H22O4/c1-3-4-5-13(15(17)18)16(19)9-8-11-6-7-12(20-2)10-14(11)16/h6-7,10,13,19H,3-5,8-9H2,1-2H3,(H,17,18). The number of aliphatic hydroxyl groups is 1. The number of carbonyl (C=O) groups is 1. The number of carboxylic acid groups (broad SMARTS) is 1. The third-order valence-electron chi connectivity index (χ3n) is 4.28. The van der Waals surface area contributed by atoms with E-state index in [4.69, 9.17) is 4.74 Å². The number of aryl methyl sites for hydroxylation is 1. The third kappa shape index (κ3) is 2.52. The summed E-state index contributed by atoms with van der Waals surface area (Å²) in [6.45, 7) is 2.02. The molecule has 0 fully saturated rings. The van der Waals surface area contributed by atoms with Crippen LogP contribution in [0, 0.1) is 5.92 Å². The van der Waals surface area contributed by atoms with E-state index in [0.717, 1.165) is 24.0 Å². The molecule has 0 radical (unpaired) electrons. The van der Waals surface area contributed by atoms with Crippen LogP contribution in [-0.4, -0.2) is 23.3 Å². The van der Waals surface area contributed by atoms with E-state index >= 15 is 0 Å². The monoisotopic (exact) mass is 278 g/mol. The van der Waals surface area contributed by atoms with Crippen molar-refractivity contribution in [1.82, 2.24) is 0 Å². The number of unbranched alkanes of at least 4 members (excludes halogenated alkanes) is 1. The summed E-state index contributed by atoms with van der Waals surface area (Å²) in [5, 5.41) is 20.5. The molecule has 0 amide bonds. The molecule has 0 aromatic heterocycles. The summed E-state index contributed by atoms with van der Waals surface area (Å²) in [6, 6.07) is 5.56. The Hall–Kier alpha value is -1.55. The van der Waals surface area contributed by atoms with Gasteiger partial charge in [0.2, 0.25) is 0 Å². The van der Waals surface area contributed by atoms with Crippen molar-refractivity contribution in [2.75, 3.05) is 7.11 Å². The molecule has 2 atom stereocenters. The molecule has 110 valence electrons. The highest BCUT2D eigenvalue weighted by atomic mass is 16.5. The van der Waals surface area contributed by atoms with E-state index in [-0.39, 0.29) is 0 Å². The maximum absolute atomic E-state index is 11.6. The molecule has 0 spiro atoms. The SMILES string of the molecule is CCCCC(C(=O)O)C1(O)CCc2ccc(OC)cc21. The van der Waals surface area contributed by atoms with Gasteiger partial charge in [-0.1, -0.05) is 25.8 Å². The summed E-state index contributed by atoms with van der Waals surface area (Å²) in [5.41, 5.74) is 0.474. The topological polar surface area (TPSA) is 66.8 Å². The number of methoxy groups -OCH3 is 1. The summed E-state index contributed by atoms with van der Waals surface area (Å²) in [6.07, 6.45) is 3.41. The molecule has 0 bridgehead atoms. The Morgan fingerprint density at radius 2 is 2.25 bits per heavy atom. The Balaban J connectivity index is 2.38. The van der Waals surface area contributed by atoms with Crippen LogP contribution in [0.5, 0.6) is 5.75 Å². The summed E-state index contributed by atoms with van der Waals surface area (Å²) in [4.78, 5) is 11.6. The zero-order chi connectivity index (χ0) is 14.8. The normalized spacial score (nSPS) is 22.4. The first kappa shape index (κ1) is 14.9. The average Bonchev–Trinajstić information content (AvgIpc) is 2.77. The molecule has 2 N–H and O–H groups in total. The summed E-state index contributed by atoms with van der Waals surface area (Å²) < 4.78 is 5.20. The highest BCUT2D eigenvalue weighted by Crippen LogP contribution is 2.45. The maximum Gasteiger partial charge on any atom is 0.309 e. The van der Waals surface area contributed by atoms with Crippen LogP contribution >= 0.6 is 0 Å². The van der Waals surface area contributed by atoms with Gasteiger partial charge in [-0.25, -0.2) is 0 Å². The van der Waals surface area contributed by atoms with Gasteiger partial charge in [0.1, 0.15) is 11.4 Å². The smallest absolute Gasteiger partial charge is 0.309 e. The predicted molar refractivity (Wildman–Crippen MR) is 75.9 cm³/mol. The van der Waals surface area contributed by atoms with Gasteiger partial charge in [-0.05, 0) is 42.5 Å². The lowest BCUT2D eigenvalue weighted by Gasteiger charge is -2.31. The van der Waals surface area contributed by atoms with Crippen molar-refractivity contribution in [2.45, 2.75) is 44.6 Å². The molecular formula is C16H22O4. The number of rotatable bonds is 6. The maximum atomic E-state index is 11.6. The fourth-order valence-corrected chi connectivity index (χ4v) is 3.10. The van der Waals surface area contributed by atoms with Gasteiger partial charge in [0.05, 0.1) is 13.0 Å². The molecule has 2 unspecified atom stereocenters. The van der Waals surface area contributed by atoms with E-state index in [1.165, 1.54) is 0 Å². The molecule has 1 aliphatic carbocycles. The van der Waals surface area contributed by atoms with Crippen molar-refractivity contribution in [3.63, 3.8) is 0 Å². The van der Waals surface area contributed by atoms with Gasteiger partial charge in [0.15, 0.2) is 0 Å². The van der Waals surface area contributed by atoms with Gasteiger partial charge >= 0.3 is 5.97 Å². The van der Waals surface area contributed by atoms with Gasteiger partial charge in [0.25, 0.3) is 0 Å². The highest BCUT2D eigenvalue weighted by Gasteiger charge is 2.46. The molecule has 1 aromatic carbocycles. The van der Waals surface area contributed by atoms with Gasteiger partial charge in [-0.2, -0.15) is 0 Å². The Morgan fingerprint density at radius 3 is 2.85 bits per heavy atom.